The zero-order valence-corrected chi connectivity index (χ0v) is 12.7. The first-order valence-electron chi connectivity index (χ1n) is 7.36. The highest BCUT2D eigenvalue weighted by Gasteiger charge is 2.40. The highest BCUT2D eigenvalue weighted by molar-refractivity contribution is 5.32. The Hall–Kier alpha value is -0.860. The second-order valence-corrected chi connectivity index (χ2v) is 6.35. The largest absolute Gasteiger partial charge is 0.376 e. The Morgan fingerprint density at radius 3 is 2.16 bits per heavy atom. The molecule has 1 aromatic carbocycles. The lowest BCUT2D eigenvalue weighted by Crippen LogP contribution is -2.45. The summed E-state index contributed by atoms with van der Waals surface area (Å²) in [7, 11) is 1.82. The molecule has 0 bridgehead atoms. The minimum atomic E-state index is -0.174. The van der Waals surface area contributed by atoms with Crippen molar-refractivity contribution in [3.63, 3.8) is 0 Å². The Kier molecular flexibility index (Phi) is 4.32. The molecule has 0 spiro atoms. The van der Waals surface area contributed by atoms with Crippen LogP contribution in [0.1, 0.15) is 55.3 Å². The van der Waals surface area contributed by atoms with Crippen LogP contribution in [0.2, 0.25) is 0 Å². The fourth-order valence-corrected chi connectivity index (χ4v) is 3.39. The van der Waals surface area contributed by atoms with E-state index >= 15 is 0 Å². The van der Waals surface area contributed by atoms with Crippen LogP contribution in [-0.4, -0.2) is 12.7 Å². The molecule has 1 aliphatic rings. The maximum absolute atomic E-state index is 6.57. The lowest BCUT2D eigenvalue weighted by molar-refractivity contribution is -0.0672. The second-order valence-electron chi connectivity index (χ2n) is 6.35. The van der Waals surface area contributed by atoms with E-state index in [4.69, 9.17) is 10.5 Å². The topological polar surface area (TPSA) is 35.2 Å². The summed E-state index contributed by atoms with van der Waals surface area (Å²) in [6.45, 7) is 6.58. The van der Waals surface area contributed by atoms with Gasteiger partial charge in [0.25, 0.3) is 0 Å². The molecule has 2 heteroatoms. The van der Waals surface area contributed by atoms with Gasteiger partial charge in [0.15, 0.2) is 0 Å². The van der Waals surface area contributed by atoms with E-state index in [0.717, 1.165) is 18.8 Å². The molecule has 0 saturated heterocycles. The third-order valence-electron chi connectivity index (χ3n) is 4.70. The molecule has 1 aliphatic carbocycles. The van der Waals surface area contributed by atoms with Crippen molar-refractivity contribution in [1.82, 2.24) is 0 Å². The van der Waals surface area contributed by atoms with Crippen molar-refractivity contribution >= 4 is 0 Å². The Balaban J connectivity index is 2.27. The smallest absolute Gasteiger partial charge is 0.0870 e. The van der Waals surface area contributed by atoms with Crippen molar-refractivity contribution in [1.29, 1.82) is 0 Å². The zero-order valence-electron chi connectivity index (χ0n) is 12.7. The third-order valence-corrected chi connectivity index (χ3v) is 4.70. The lowest BCUT2D eigenvalue weighted by atomic mass is 9.73. The summed E-state index contributed by atoms with van der Waals surface area (Å²) in [5, 5.41) is 0. The fraction of sp³-hybridized carbons (Fsp3) is 0.647. The van der Waals surface area contributed by atoms with Crippen molar-refractivity contribution in [3.8, 4) is 0 Å². The molecular weight excluding hydrogens is 234 g/mol. The Morgan fingerprint density at radius 1 is 1.16 bits per heavy atom. The average molecular weight is 261 g/mol. The van der Waals surface area contributed by atoms with Gasteiger partial charge in [-0.05, 0) is 51.0 Å². The van der Waals surface area contributed by atoms with E-state index < -0.39 is 0 Å². The number of rotatable bonds is 3. The monoisotopic (exact) mass is 261 g/mol. The summed E-state index contributed by atoms with van der Waals surface area (Å²) in [5.74, 6) is 0.801. The van der Waals surface area contributed by atoms with Crippen LogP contribution < -0.4 is 5.73 Å². The molecule has 2 nitrogen and oxygen atoms in total. The molecule has 0 aliphatic heterocycles. The number of benzene rings is 1. The van der Waals surface area contributed by atoms with E-state index in [1.807, 2.05) is 7.11 Å². The van der Waals surface area contributed by atoms with Crippen LogP contribution >= 0.6 is 0 Å². The van der Waals surface area contributed by atoms with E-state index in [1.165, 1.54) is 29.5 Å². The van der Waals surface area contributed by atoms with E-state index in [1.54, 1.807) is 0 Å². The minimum Gasteiger partial charge on any atom is -0.376 e. The maximum Gasteiger partial charge on any atom is 0.0870 e. The molecule has 0 radical (unpaired) electrons. The SMILES string of the molecule is COC1(C(N)c2cc(C)cc(C)c2)CCC(C)CC1. The summed E-state index contributed by atoms with van der Waals surface area (Å²) in [4.78, 5) is 0. The van der Waals surface area contributed by atoms with E-state index in [2.05, 4.69) is 39.0 Å². The molecule has 106 valence electrons. The van der Waals surface area contributed by atoms with Gasteiger partial charge in [-0.3, -0.25) is 0 Å². The van der Waals surface area contributed by atoms with Crippen LogP contribution in [0.4, 0.5) is 0 Å². The first-order valence-corrected chi connectivity index (χ1v) is 7.36. The molecular formula is C17H27NO. The van der Waals surface area contributed by atoms with Crippen molar-refractivity contribution in [3.05, 3.63) is 34.9 Å². The van der Waals surface area contributed by atoms with Crippen molar-refractivity contribution < 1.29 is 4.74 Å². The van der Waals surface area contributed by atoms with Gasteiger partial charge in [0.1, 0.15) is 0 Å². The van der Waals surface area contributed by atoms with Crippen LogP contribution in [0, 0.1) is 19.8 Å². The molecule has 1 atom stereocenters. The number of methoxy groups -OCH3 is 1. The Labute approximate surface area is 117 Å². The summed E-state index contributed by atoms with van der Waals surface area (Å²) in [6.07, 6.45) is 4.57. The molecule has 0 aromatic heterocycles. The van der Waals surface area contributed by atoms with Gasteiger partial charge in [-0.2, -0.15) is 0 Å². The summed E-state index contributed by atoms with van der Waals surface area (Å²) >= 11 is 0. The van der Waals surface area contributed by atoms with Crippen LogP contribution in [0.3, 0.4) is 0 Å². The first kappa shape index (κ1) is 14.5. The number of ether oxygens (including phenoxy) is 1. The number of nitrogens with two attached hydrogens (primary N) is 1. The number of hydrogen-bond donors (Lipinski definition) is 1. The predicted molar refractivity (Wildman–Crippen MR) is 80.2 cm³/mol. The maximum atomic E-state index is 6.57. The molecule has 0 heterocycles. The van der Waals surface area contributed by atoms with Crippen LogP contribution in [0.5, 0.6) is 0 Å². The highest BCUT2D eigenvalue weighted by atomic mass is 16.5. The highest BCUT2D eigenvalue weighted by Crippen LogP contribution is 2.41. The van der Waals surface area contributed by atoms with E-state index in [9.17, 15) is 0 Å². The van der Waals surface area contributed by atoms with Crippen molar-refractivity contribution in [2.75, 3.05) is 7.11 Å². The van der Waals surface area contributed by atoms with Gasteiger partial charge in [-0.15, -0.1) is 0 Å². The van der Waals surface area contributed by atoms with Crippen molar-refractivity contribution in [2.45, 2.75) is 58.1 Å². The van der Waals surface area contributed by atoms with Gasteiger partial charge in [0, 0.05) is 7.11 Å². The normalized spacial score (nSPS) is 29.2. The molecule has 2 rings (SSSR count). The van der Waals surface area contributed by atoms with Gasteiger partial charge in [0.05, 0.1) is 11.6 Å². The summed E-state index contributed by atoms with van der Waals surface area (Å²) < 4.78 is 5.90. The standard InChI is InChI=1S/C17H27NO/c1-12-5-7-17(19-4,8-6-12)16(18)15-10-13(2)9-14(3)11-15/h9-12,16H,5-8,18H2,1-4H3. The molecule has 1 unspecified atom stereocenters. The fourth-order valence-electron chi connectivity index (χ4n) is 3.39. The first-order chi connectivity index (χ1) is 8.97. The molecule has 1 fully saturated rings. The second kappa shape index (κ2) is 5.64. The number of hydrogen-bond acceptors (Lipinski definition) is 2. The summed E-state index contributed by atoms with van der Waals surface area (Å²) in [5.41, 5.74) is 10.2. The van der Waals surface area contributed by atoms with Gasteiger partial charge >= 0.3 is 0 Å². The van der Waals surface area contributed by atoms with E-state index in [-0.39, 0.29) is 11.6 Å². The molecule has 1 aromatic rings. The van der Waals surface area contributed by atoms with Crippen LogP contribution in [0.15, 0.2) is 18.2 Å². The van der Waals surface area contributed by atoms with Gasteiger partial charge in [-0.25, -0.2) is 0 Å². The Bertz CT molecular complexity index is 413. The van der Waals surface area contributed by atoms with Crippen molar-refractivity contribution in [2.24, 2.45) is 11.7 Å². The molecule has 0 amide bonds. The van der Waals surface area contributed by atoms with Crippen LogP contribution in [0.25, 0.3) is 0 Å². The van der Waals surface area contributed by atoms with Crippen LogP contribution in [-0.2, 0) is 4.74 Å². The molecule has 19 heavy (non-hydrogen) atoms. The van der Waals surface area contributed by atoms with Gasteiger partial charge < -0.3 is 10.5 Å². The molecule has 2 N–H and O–H groups in total. The number of aryl methyl sites for hydroxylation is 2. The van der Waals surface area contributed by atoms with Gasteiger partial charge in [0.2, 0.25) is 0 Å². The minimum absolute atomic E-state index is 0.0244. The molecule has 1 saturated carbocycles. The third kappa shape index (κ3) is 3.01. The van der Waals surface area contributed by atoms with E-state index in [0.29, 0.717) is 0 Å². The zero-order chi connectivity index (χ0) is 14.0. The lowest BCUT2D eigenvalue weighted by Gasteiger charge is -2.42. The quantitative estimate of drug-likeness (QED) is 0.895. The van der Waals surface area contributed by atoms with Gasteiger partial charge in [-0.1, -0.05) is 36.2 Å². The predicted octanol–water partition coefficient (Wildman–Crippen LogP) is 3.90. The summed E-state index contributed by atoms with van der Waals surface area (Å²) in [6, 6.07) is 6.58. The average Bonchev–Trinajstić information content (AvgIpc) is 2.38. The Morgan fingerprint density at radius 2 is 1.68 bits per heavy atom.